The number of nitrogens with one attached hydrogen (secondary N) is 1. The lowest BCUT2D eigenvalue weighted by Gasteiger charge is -2.21. The summed E-state index contributed by atoms with van der Waals surface area (Å²) >= 11 is 0. The number of carbonyl (C=O) groups excluding carboxylic acids is 1. The van der Waals surface area contributed by atoms with E-state index in [1.807, 2.05) is 50.2 Å². The van der Waals surface area contributed by atoms with Crippen LogP contribution in [0.2, 0.25) is 0 Å². The Morgan fingerprint density at radius 2 is 1.75 bits per heavy atom. The zero-order chi connectivity index (χ0) is 16.7. The molecule has 1 spiro atoms. The van der Waals surface area contributed by atoms with Crippen molar-refractivity contribution in [2.24, 2.45) is 0 Å². The number of amides is 1. The highest BCUT2D eigenvalue weighted by molar-refractivity contribution is 6.05. The molecule has 2 aromatic carbocycles. The first-order chi connectivity index (χ1) is 11.5. The van der Waals surface area contributed by atoms with Gasteiger partial charge in [-0.1, -0.05) is 17.7 Å². The Balaban J connectivity index is 1.53. The van der Waals surface area contributed by atoms with E-state index in [2.05, 4.69) is 5.32 Å². The maximum Gasteiger partial charge on any atom is 0.255 e. The Labute approximate surface area is 141 Å². The van der Waals surface area contributed by atoms with Gasteiger partial charge in [0.2, 0.25) is 0 Å². The molecule has 4 nitrogen and oxygen atoms in total. The smallest absolute Gasteiger partial charge is 0.255 e. The number of aryl methyl sites for hydroxylation is 2. The number of carbonyl (C=O) groups is 1. The number of fused-ring (bicyclic) bond motifs is 1. The first-order valence-corrected chi connectivity index (χ1v) is 8.45. The Hall–Kier alpha value is -2.49. The summed E-state index contributed by atoms with van der Waals surface area (Å²) in [6, 6.07) is 11.4. The van der Waals surface area contributed by atoms with E-state index in [1.54, 1.807) is 0 Å². The van der Waals surface area contributed by atoms with E-state index in [1.165, 1.54) is 0 Å². The van der Waals surface area contributed by atoms with Gasteiger partial charge >= 0.3 is 0 Å². The van der Waals surface area contributed by atoms with Gasteiger partial charge in [0.1, 0.15) is 0 Å². The third kappa shape index (κ3) is 2.62. The molecule has 1 N–H and O–H groups in total. The number of benzene rings is 2. The predicted octanol–water partition coefficient (Wildman–Crippen LogP) is 4.60. The highest BCUT2D eigenvalue weighted by Gasteiger charge is 2.44. The van der Waals surface area contributed by atoms with Gasteiger partial charge in [0.05, 0.1) is 0 Å². The molecule has 0 saturated heterocycles. The van der Waals surface area contributed by atoms with Crippen LogP contribution in [0.1, 0.15) is 47.2 Å². The molecule has 1 amide bonds. The minimum atomic E-state index is -0.474. The summed E-state index contributed by atoms with van der Waals surface area (Å²) in [6.45, 7) is 3.97. The average molecular weight is 323 g/mol. The van der Waals surface area contributed by atoms with Crippen molar-refractivity contribution in [1.29, 1.82) is 0 Å². The molecule has 2 aromatic rings. The molecule has 0 aromatic heterocycles. The zero-order valence-electron chi connectivity index (χ0n) is 14.0. The van der Waals surface area contributed by atoms with Crippen molar-refractivity contribution in [3.63, 3.8) is 0 Å². The quantitative estimate of drug-likeness (QED) is 0.879. The molecule has 4 rings (SSSR count). The summed E-state index contributed by atoms with van der Waals surface area (Å²) in [7, 11) is 0. The maximum atomic E-state index is 12.5. The second kappa shape index (κ2) is 5.55. The third-order valence-electron chi connectivity index (χ3n) is 4.79. The SMILES string of the molecule is Cc1ccc(C(=O)Nc2ccc3c(c2)OC2(CCCC2)O3)c(C)c1. The second-order valence-corrected chi connectivity index (χ2v) is 6.76. The molecule has 1 aliphatic heterocycles. The molecule has 2 aliphatic rings. The van der Waals surface area contributed by atoms with Crippen LogP contribution in [0, 0.1) is 13.8 Å². The lowest BCUT2D eigenvalue weighted by molar-refractivity contribution is -0.0716. The summed E-state index contributed by atoms with van der Waals surface area (Å²) in [5, 5.41) is 2.95. The van der Waals surface area contributed by atoms with Crippen LogP contribution in [0.25, 0.3) is 0 Å². The van der Waals surface area contributed by atoms with E-state index in [0.29, 0.717) is 5.56 Å². The van der Waals surface area contributed by atoms with Crippen molar-refractivity contribution < 1.29 is 14.3 Å². The van der Waals surface area contributed by atoms with Crippen molar-refractivity contribution >= 4 is 11.6 Å². The van der Waals surface area contributed by atoms with Gasteiger partial charge in [-0.05, 0) is 50.5 Å². The minimum Gasteiger partial charge on any atom is -0.448 e. The second-order valence-electron chi connectivity index (χ2n) is 6.76. The summed E-state index contributed by atoms with van der Waals surface area (Å²) in [6.07, 6.45) is 4.10. The standard InChI is InChI=1S/C20H21NO3/c1-13-5-7-16(14(2)11-13)19(22)21-15-6-8-17-18(12-15)24-20(23-17)9-3-4-10-20/h5-8,11-12H,3-4,9-10H2,1-2H3,(H,21,22). The third-order valence-corrected chi connectivity index (χ3v) is 4.79. The van der Waals surface area contributed by atoms with Crippen molar-refractivity contribution in [3.05, 3.63) is 53.1 Å². The summed E-state index contributed by atoms with van der Waals surface area (Å²) < 4.78 is 12.0. The minimum absolute atomic E-state index is 0.109. The highest BCUT2D eigenvalue weighted by atomic mass is 16.7. The fourth-order valence-electron chi connectivity index (χ4n) is 3.56. The zero-order valence-corrected chi connectivity index (χ0v) is 14.0. The molecule has 0 atom stereocenters. The van der Waals surface area contributed by atoms with Gasteiger partial charge in [-0.2, -0.15) is 0 Å². The topological polar surface area (TPSA) is 47.6 Å². The van der Waals surface area contributed by atoms with Crippen LogP contribution in [0.4, 0.5) is 5.69 Å². The van der Waals surface area contributed by atoms with E-state index in [4.69, 9.17) is 9.47 Å². The van der Waals surface area contributed by atoms with Crippen LogP contribution >= 0.6 is 0 Å². The van der Waals surface area contributed by atoms with Crippen LogP contribution in [-0.2, 0) is 0 Å². The maximum absolute atomic E-state index is 12.5. The molecule has 24 heavy (non-hydrogen) atoms. The Morgan fingerprint density at radius 3 is 2.50 bits per heavy atom. The first-order valence-electron chi connectivity index (χ1n) is 8.45. The predicted molar refractivity (Wildman–Crippen MR) is 92.8 cm³/mol. The molecule has 1 fully saturated rings. The van der Waals surface area contributed by atoms with E-state index < -0.39 is 5.79 Å². The number of hydrogen-bond acceptors (Lipinski definition) is 3. The van der Waals surface area contributed by atoms with E-state index in [0.717, 1.165) is 54.0 Å². The molecule has 124 valence electrons. The van der Waals surface area contributed by atoms with Crippen molar-refractivity contribution in [3.8, 4) is 11.5 Å². The molecule has 1 aliphatic carbocycles. The van der Waals surface area contributed by atoms with Gasteiger partial charge in [-0.3, -0.25) is 4.79 Å². The molecule has 0 unspecified atom stereocenters. The summed E-state index contributed by atoms with van der Waals surface area (Å²) in [4.78, 5) is 12.5. The molecule has 0 radical (unpaired) electrons. The normalized spacial score (nSPS) is 17.2. The molecule has 1 heterocycles. The number of anilines is 1. The first kappa shape index (κ1) is 15.1. The van der Waals surface area contributed by atoms with Crippen LogP contribution < -0.4 is 14.8 Å². The number of ether oxygens (including phenoxy) is 2. The number of hydrogen-bond donors (Lipinski definition) is 1. The highest BCUT2D eigenvalue weighted by Crippen LogP contribution is 2.47. The molecular weight excluding hydrogens is 302 g/mol. The van der Waals surface area contributed by atoms with Crippen LogP contribution in [-0.4, -0.2) is 11.7 Å². The lowest BCUT2D eigenvalue weighted by atomic mass is 10.1. The van der Waals surface area contributed by atoms with E-state index in [9.17, 15) is 4.79 Å². The molecular formula is C20H21NO3. The van der Waals surface area contributed by atoms with Crippen molar-refractivity contribution in [2.45, 2.75) is 45.3 Å². The fourth-order valence-corrected chi connectivity index (χ4v) is 3.56. The fraction of sp³-hybridized carbons (Fsp3) is 0.350. The monoisotopic (exact) mass is 323 g/mol. The summed E-state index contributed by atoms with van der Waals surface area (Å²) in [5.41, 5.74) is 3.52. The molecule has 4 heteroatoms. The molecule has 0 bridgehead atoms. The van der Waals surface area contributed by atoms with Gasteiger partial charge in [0.25, 0.3) is 11.7 Å². The molecule has 1 saturated carbocycles. The Kier molecular flexibility index (Phi) is 3.48. The summed E-state index contributed by atoms with van der Waals surface area (Å²) in [5.74, 6) is 0.900. The Morgan fingerprint density at radius 1 is 1.00 bits per heavy atom. The van der Waals surface area contributed by atoms with Gasteiger partial charge in [-0.25, -0.2) is 0 Å². The van der Waals surface area contributed by atoms with Gasteiger partial charge in [0.15, 0.2) is 11.5 Å². The van der Waals surface area contributed by atoms with Gasteiger partial charge in [0, 0.05) is 30.2 Å². The van der Waals surface area contributed by atoms with E-state index in [-0.39, 0.29) is 5.91 Å². The van der Waals surface area contributed by atoms with Crippen LogP contribution in [0.15, 0.2) is 36.4 Å². The Bertz CT molecular complexity index is 807. The number of rotatable bonds is 2. The van der Waals surface area contributed by atoms with Crippen LogP contribution in [0.5, 0.6) is 11.5 Å². The van der Waals surface area contributed by atoms with E-state index >= 15 is 0 Å². The largest absolute Gasteiger partial charge is 0.448 e. The van der Waals surface area contributed by atoms with Crippen molar-refractivity contribution in [2.75, 3.05) is 5.32 Å². The lowest BCUT2D eigenvalue weighted by Crippen LogP contribution is -2.34. The van der Waals surface area contributed by atoms with Crippen LogP contribution in [0.3, 0.4) is 0 Å². The van der Waals surface area contributed by atoms with Crippen molar-refractivity contribution in [1.82, 2.24) is 0 Å². The van der Waals surface area contributed by atoms with Gasteiger partial charge < -0.3 is 14.8 Å². The van der Waals surface area contributed by atoms with Gasteiger partial charge in [-0.15, -0.1) is 0 Å². The average Bonchev–Trinajstić information content (AvgIpc) is 3.13.